The van der Waals surface area contributed by atoms with Crippen molar-refractivity contribution in [1.29, 1.82) is 0 Å². The van der Waals surface area contributed by atoms with Gasteiger partial charge in [0, 0.05) is 25.9 Å². The molecule has 0 bridgehead atoms. The van der Waals surface area contributed by atoms with Crippen LogP contribution in [0.5, 0.6) is 0 Å². The van der Waals surface area contributed by atoms with E-state index >= 15 is 0 Å². The minimum atomic E-state index is 0.222. The van der Waals surface area contributed by atoms with Crippen molar-refractivity contribution in [1.82, 2.24) is 0 Å². The zero-order valence-corrected chi connectivity index (χ0v) is 11.3. The maximum atomic E-state index is 8.94. The van der Waals surface area contributed by atoms with Gasteiger partial charge in [-0.1, -0.05) is 32.4 Å². The van der Waals surface area contributed by atoms with Gasteiger partial charge in [-0.15, -0.1) is 0 Å². The molecule has 17 heavy (non-hydrogen) atoms. The maximum absolute atomic E-state index is 8.94. The van der Waals surface area contributed by atoms with E-state index in [2.05, 4.69) is 50.1 Å². The molecular weight excluding hydrogens is 210 g/mol. The highest BCUT2D eigenvalue weighted by atomic mass is 16.2. The molecule has 0 heterocycles. The highest BCUT2D eigenvalue weighted by Gasteiger charge is 2.04. The van der Waals surface area contributed by atoms with Gasteiger partial charge in [0.2, 0.25) is 0 Å². The Morgan fingerprint density at radius 2 is 2.12 bits per heavy atom. The average Bonchev–Trinajstić information content (AvgIpc) is 2.36. The maximum Gasteiger partial charge on any atom is 0.0471 e. The first-order chi connectivity index (χ1) is 8.17. The first kappa shape index (κ1) is 14.0. The molecule has 0 saturated heterocycles. The Morgan fingerprint density at radius 1 is 1.35 bits per heavy atom. The molecule has 0 amide bonds. The van der Waals surface area contributed by atoms with E-state index in [1.807, 2.05) is 0 Å². The van der Waals surface area contributed by atoms with Gasteiger partial charge in [-0.25, -0.2) is 0 Å². The first-order valence-electron chi connectivity index (χ1n) is 6.58. The van der Waals surface area contributed by atoms with Gasteiger partial charge in [0.25, 0.3) is 0 Å². The van der Waals surface area contributed by atoms with E-state index in [4.69, 9.17) is 5.11 Å². The second-order valence-electron chi connectivity index (χ2n) is 4.87. The van der Waals surface area contributed by atoms with Crippen LogP contribution in [-0.4, -0.2) is 25.3 Å². The zero-order valence-electron chi connectivity index (χ0n) is 11.3. The number of hydrogen-bond donors (Lipinski definition) is 1. The van der Waals surface area contributed by atoms with Gasteiger partial charge in [0.05, 0.1) is 0 Å². The predicted molar refractivity (Wildman–Crippen MR) is 74.6 cm³/mol. The lowest BCUT2D eigenvalue weighted by molar-refractivity contribution is 0.299. The van der Waals surface area contributed by atoms with Crippen LogP contribution in [0.1, 0.15) is 32.3 Å². The Labute approximate surface area is 105 Å². The minimum Gasteiger partial charge on any atom is -0.396 e. The smallest absolute Gasteiger partial charge is 0.0471 e. The third kappa shape index (κ3) is 4.78. The summed E-state index contributed by atoms with van der Waals surface area (Å²) in [6.45, 7) is 5.86. The predicted octanol–water partition coefficient (Wildman–Crippen LogP) is 3.09. The van der Waals surface area contributed by atoms with Gasteiger partial charge in [-0.3, -0.25) is 0 Å². The Bertz CT molecular complexity index is 324. The van der Waals surface area contributed by atoms with E-state index in [0.29, 0.717) is 0 Å². The standard InChI is InChI=1S/C15H25NO/c1-4-13(2)8-10-16(3)15-7-5-6-14(12-15)9-11-17/h5-7,12-13,17H,4,8-11H2,1-3H3. The van der Waals surface area contributed by atoms with Crippen molar-refractivity contribution in [2.45, 2.75) is 33.1 Å². The van der Waals surface area contributed by atoms with Crippen LogP contribution in [0.4, 0.5) is 5.69 Å². The van der Waals surface area contributed by atoms with Crippen LogP contribution >= 0.6 is 0 Å². The summed E-state index contributed by atoms with van der Waals surface area (Å²) in [6.07, 6.45) is 3.22. The molecule has 0 aliphatic heterocycles. The molecule has 0 fully saturated rings. The molecule has 2 nitrogen and oxygen atoms in total. The van der Waals surface area contributed by atoms with Gasteiger partial charge in [0.1, 0.15) is 0 Å². The third-order valence-electron chi connectivity index (χ3n) is 3.41. The summed E-state index contributed by atoms with van der Waals surface area (Å²) < 4.78 is 0. The summed E-state index contributed by atoms with van der Waals surface area (Å²) in [7, 11) is 2.14. The minimum absolute atomic E-state index is 0.222. The van der Waals surface area contributed by atoms with Gasteiger partial charge in [-0.2, -0.15) is 0 Å². The van der Waals surface area contributed by atoms with Crippen LogP contribution in [-0.2, 0) is 6.42 Å². The number of aliphatic hydroxyl groups is 1. The second-order valence-corrected chi connectivity index (χ2v) is 4.87. The molecule has 1 aromatic carbocycles. The van der Waals surface area contributed by atoms with E-state index in [-0.39, 0.29) is 6.61 Å². The van der Waals surface area contributed by atoms with E-state index in [9.17, 15) is 0 Å². The van der Waals surface area contributed by atoms with E-state index in [1.165, 1.54) is 24.1 Å². The van der Waals surface area contributed by atoms with Gasteiger partial charge in [-0.05, 0) is 36.5 Å². The molecule has 1 N–H and O–H groups in total. The van der Waals surface area contributed by atoms with E-state index in [1.54, 1.807) is 0 Å². The highest BCUT2D eigenvalue weighted by Crippen LogP contribution is 2.17. The first-order valence-corrected chi connectivity index (χ1v) is 6.58. The van der Waals surface area contributed by atoms with E-state index < -0.39 is 0 Å². The summed E-state index contributed by atoms with van der Waals surface area (Å²) in [4.78, 5) is 2.30. The van der Waals surface area contributed by atoms with Gasteiger partial charge >= 0.3 is 0 Å². The summed E-state index contributed by atoms with van der Waals surface area (Å²) in [5, 5.41) is 8.94. The van der Waals surface area contributed by atoms with Crippen molar-refractivity contribution in [3.63, 3.8) is 0 Å². The third-order valence-corrected chi connectivity index (χ3v) is 3.41. The zero-order chi connectivity index (χ0) is 12.7. The molecule has 0 aliphatic carbocycles. The lowest BCUT2D eigenvalue weighted by atomic mass is 10.0. The van der Waals surface area contributed by atoms with Crippen molar-refractivity contribution >= 4 is 5.69 Å². The van der Waals surface area contributed by atoms with Crippen LogP contribution in [0, 0.1) is 5.92 Å². The molecular formula is C15H25NO. The second kappa shape index (κ2) is 7.33. The number of aliphatic hydroxyl groups excluding tert-OH is 1. The number of anilines is 1. The number of hydrogen-bond acceptors (Lipinski definition) is 2. The largest absolute Gasteiger partial charge is 0.396 e. The normalized spacial score (nSPS) is 12.5. The fraction of sp³-hybridized carbons (Fsp3) is 0.600. The van der Waals surface area contributed by atoms with E-state index in [0.717, 1.165) is 18.9 Å². The molecule has 0 aliphatic rings. The molecule has 0 saturated carbocycles. The molecule has 96 valence electrons. The molecule has 1 unspecified atom stereocenters. The van der Waals surface area contributed by atoms with Crippen LogP contribution in [0.25, 0.3) is 0 Å². The molecule has 1 rings (SSSR count). The van der Waals surface area contributed by atoms with Gasteiger partial charge < -0.3 is 10.0 Å². The molecule has 1 aromatic rings. The molecule has 2 heteroatoms. The summed E-state index contributed by atoms with van der Waals surface area (Å²) in [6, 6.07) is 8.45. The molecule has 0 aromatic heterocycles. The fourth-order valence-electron chi connectivity index (χ4n) is 1.83. The van der Waals surface area contributed by atoms with Crippen molar-refractivity contribution in [2.75, 3.05) is 25.1 Å². The monoisotopic (exact) mass is 235 g/mol. The quantitative estimate of drug-likeness (QED) is 0.785. The van der Waals surface area contributed by atoms with Crippen molar-refractivity contribution in [3.8, 4) is 0 Å². The number of benzene rings is 1. The summed E-state index contributed by atoms with van der Waals surface area (Å²) >= 11 is 0. The topological polar surface area (TPSA) is 23.5 Å². The Hall–Kier alpha value is -1.02. The molecule has 0 radical (unpaired) electrons. The van der Waals surface area contributed by atoms with Crippen LogP contribution < -0.4 is 4.90 Å². The average molecular weight is 235 g/mol. The summed E-state index contributed by atoms with van der Waals surface area (Å²) in [5.74, 6) is 0.790. The summed E-state index contributed by atoms with van der Waals surface area (Å²) in [5.41, 5.74) is 2.46. The van der Waals surface area contributed by atoms with Crippen molar-refractivity contribution < 1.29 is 5.11 Å². The lowest BCUT2D eigenvalue weighted by Crippen LogP contribution is -2.20. The SMILES string of the molecule is CCC(C)CCN(C)c1cccc(CCO)c1. The van der Waals surface area contributed by atoms with Gasteiger partial charge in [0.15, 0.2) is 0 Å². The molecule has 0 spiro atoms. The lowest BCUT2D eigenvalue weighted by Gasteiger charge is -2.21. The Balaban J connectivity index is 2.55. The van der Waals surface area contributed by atoms with Crippen LogP contribution in [0.2, 0.25) is 0 Å². The Morgan fingerprint density at radius 3 is 2.76 bits per heavy atom. The van der Waals surface area contributed by atoms with Crippen LogP contribution in [0.15, 0.2) is 24.3 Å². The molecule has 1 atom stereocenters. The number of nitrogens with zero attached hydrogens (tertiary/aromatic N) is 1. The van der Waals surface area contributed by atoms with Crippen LogP contribution in [0.3, 0.4) is 0 Å². The van der Waals surface area contributed by atoms with Crippen molar-refractivity contribution in [2.24, 2.45) is 5.92 Å². The highest BCUT2D eigenvalue weighted by molar-refractivity contribution is 5.47. The number of rotatable bonds is 7. The Kier molecular flexibility index (Phi) is 6.06. The fourth-order valence-corrected chi connectivity index (χ4v) is 1.83. The van der Waals surface area contributed by atoms with Crippen molar-refractivity contribution in [3.05, 3.63) is 29.8 Å².